The van der Waals surface area contributed by atoms with E-state index >= 15 is 0 Å². The number of methoxy groups -OCH3 is 1. The normalized spacial score (nSPS) is 13.1. The van der Waals surface area contributed by atoms with Crippen molar-refractivity contribution in [3.05, 3.63) is 78.4 Å². The molecule has 3 aromatic rings. The highest BCUT2D eigenvalue weighted by molar-refractivity contribution is 7.97. The van der Waals surface area contributed by atoms with Crippen molar-refractivity contribution >= 4 is 28.2 Å². The monoisotopic (exact) mass is 348 g/mol. The number of fused-ring (bicyclic) bond motifs is 2. The van der Waals surface area contributed by atoms with Gasteiger partial charge < -0.3 is 9.64 Å². The lowest BCUT2D eigenvalue weighted by Crippen LogP contribution is -2.23. The third-order valence-corrected chi connectivity index (χ3v) is 6.77. The molecular formula is C21H18NO2S+. The Morgan fingerprint density at radius 2 is 1.28 bits per heavy atom. The molecule has 0 N–H and O–H groups in total. The van der Waals surface area contributed by atoms with Crippen LogP contribution in [0.1, 0.15) is 10.4 Å². The molecule has 0 spiro atoms. The van der Waals surface area contributed by atoms with Gasteiger partial charge in [0.25, 0.3) is 0 Å². The molecule has 0 unspecified atom stereocenters. The number of esters is 1. The second kappa shape index (κ2) is 6.30. The number of carbonyl (C=O) groups excluding carboxylic acids is 1. The van der Waals surface area contributed by atoms with Gasteiger partial charge in [0.1, 0.15) is 16.5 Å². The summed E-state index contributed by atoms with van der Waals surface area (Å²) in [7, 11) is 3.16. The Morgan fingerprint density at radius 1 is 0.800 bits per heavy atom. The van der Waals surface area contributed by atoms with Gasteiger partial charge in [0.15, 0.2) is 14.7 Å². The molecule has 0 bridgehead atoms. The van der Waals surface area contributed by atoms with Gasteiger partial charge in [-0.3, -0.25) is 0 Å². The molecule has 0 aromatic heterocycles. The molecule has 1 heterocycles. The predicted molar refractivity (Wildman–Crippen MR) is 101 cm³/mol. The quantitative estimate of drug-likeness (QED) is 0.499. The molecule has 0 atom stereocenters. The molecule has 4 heteroatoms. The third kappa shape index (κ3) is 2.50. The highest BCUT2D eigenvalue weighted by Gasteiger charge is 2.41. The number of hydrogen-bond acceptors (Lipinski definition) is 3. The van der Waals surface area contributed by atoms with E-state index in [9.17, 15) is 4.79 Å². The second-order valence-corrected chi connectivity index (χ2v) is 7.72. The van der Waals surface area contributed by atoms with Crippen LogP contribution in [0.4, 0.5) is 11.4 Å². The predicted octanol–water partition coefficient (Wildman–Crippen LogP) is 4.65. The van der Waals surface area contributed by atoms with E-state index in [1.165, 1.54) is 28.3 Å². The number of rotatable bonds is 2. The molecule has 25 heavy (non-hydrogen) atoms. The second-order valence-electron chi connectivity index (χ2n) is 5.79. The highest BCUT2D eigenvalue weighted by atomic mass is 32.2. The summed E-state index contributed by atoms with van der Waals surface area (Å²) in [5.74, 6) is -0.294. The average molecular weight is 348 g/mol. The van der Waals surface area contributed by atoms with Gasteiger partial charge in [0, 0.05) is 7.05 Å². The van der Waals surface area contributed by atoms with Crippen molar-refractivity contribution in [2.75, 3.05) is 19.1 Å². The van der Waals surface area contributed by atoms with Crippen LogP contribution in [0.3, 0.4) is 0 Å². The topological polar surface area (TPSA) is 29.5 Å². The molecule has 3 aromatic carbocycles. The van der Waals surface area contributed by atoms with E-state index in [0.29, 0.717) is 5.56 Å². The molecule has 0 saturated carbocycles. The third-order valence-electron chi connectivity index (χ3n) is 4.41. The Labute approximate surface area is 150 Å². The fourth-order valence-corrected chi connectivity index (χ4v) is 5.78. The number of benzene rings is 3. The van der Waals surface area contributed by atoms with Crippen molar-refractivity contribution < 1.29 is 9.53 Å². The van der Waals surface area contributed by atoms with E-state index in [2.05, 4.69) is 60.5 Å². The molecule has 0 saturated heterocycles. The van der Waals surface area contributed by atoms with Crippen LogP contribution >= 0.6 is 0 Å². The first-order valence-electron chi connectivity index (χ1n) is 8.06. The number of para-hydroxylation sites is 2. The Balaban J connectivity index is 2.01. The minimum absolute atomic E-state index is 0.294. The van der Waals surface area contributed by atoms with Gasteiger partial charge in [-0.15, -0.1) is 0 Å². The zero-order chi connectivity index (χ0) is 17.4. The van der Waals surface area contributed by atoms with Crippen molar-refractivity contribution in [3.8, 4) is 0 Å². The lowest BCUT2D eigenvalue weighted by Gasteiger charge is -2.28. The van der Waals surface area contributed by atoms with Crippen LogP contribution in [0, 0.1) is 0 Å². The van der Waals surface area contributed by atoms with E-state index in [1.807, 2.05) is 24.3 Å². The number of hydrogen-bond donors (Lipinski definition) is 0. The molecule has 4 rings (SSSR count). The molecule has 1 aliphatic rings. The van der Waals surface area contributed by atoms with E-state index in [1.54, 1.807) is 0 Å². The molecular weight excluding hydrogens is 330 g/mol. The molecule has 1 aliphatic heterocycles. The van der Waals surface area contributed by atoms with E-state index < -0.39 is 0 Å². The van der Waals surface area contributed by atoms with E-state index in [-0.39, 0.29) is 16.9 Å². The minimum Gasteiger partial charge on any atom is -0.465 e. The Hall–Kier alpha value is -2.72. The van der Waals surface area contributed by atoms with Crippen LogP contribution < -0.4 is 4.90 Å². The maximum Gasteiger partial charge on any atom is 0.343 e. The minimum atomic E-state index is -0.355. The van der Waals surface area contributed by atoms with Gasteiger partial charge in [-0.25, -0.2) is 4.79 Å². The van der Waals surface area contributed by atoms with Gasteiger partial charge in [0.05, 0.1) is 18.5 Å². The summed E-state index contributed by atoms with van der Waals surface area (Å²) < 4.78 is 5.02. The van der Waals surface area contributed by atoms with E-state index in [4.69, 9.17) is 4.74 Å². The van der Waals surface area contributed by atoms with Crippen molar-refractivity contribution in [3.63, 3.8) is 0 Å². The summed E-state index contributed by atoms with van der Waals surface area (Å²) >= 11 is 0. The number of carbonyl (C=O) groups is 1. The van der Waals surface area contributed by atoms with Crippen LogP contribution in [0.2, 0.25) is 0 Å². The zero-order valence-corrected chi connectivity index (χ0v) is 14.9. The molecule has 0 fully saturated rings. The van der Waals surface area contributed by atoms with Gasteiger partial charge in [0.2, 0.25) is 0 Å². The fraction of sp³-hybridized carbons (Fsp3) is 0.0952. The first kappa shape index (κ1) is 15.8. The van der Waals surface area contributed by atoms with Crippen molar-refractivity contribution in [1.29, 1.82) is 0 Å². The van der Waals surface area contributed by atoms with Crippen LogP contribution in [0.15, 0.2) is 87.5 Å². The molecule has 124 valence electrons. The summed E-state index contributed by atoms with van der Waals surface area (Å²) in [5.41, 5.74) is 2.97. The number of ether oxygens (including phenoxy) is 1. The summed E-state index contributed by atoms with van der Waals surface area (Å²) in [5, 5.41) is 0. The summed E-state index contributed by atoms with van der Waals surface area (Å²) in [6, 6.07) is 24.5. The molecule has 0 aliphatic carbocycles. The zero-order valence-electron chi connectivity index (χ0n) is 14.1. The Bertz CT molecular complexity index is 906. The van der Waals surface area contributed by atoms with Crippen LogP contribution in [0.25, 0.3) is 0 Å². The van der Waals surface area contributed by atoms with E-state index in [0.717, 1.165) is 4.90 Å². The van der Waals surface area contributed by atoms with Gasteiger partial charge in [-0.1, -0.05) is 36.4 Å². The summed E-state index contributed by atoms with van der Waals surface area (Å²) in [6.07, 6.45) is 0. The lowest BCUT2D eigenvalue weighted by atomic mass is 10.2. The lowest BCUT2D eigenvalue weighted by molar-refractivity contribution is 0.0596. The summed E-state index contributed by atoms with van der Waals surface area (Å²) in [4.78, 5) is 18.0. The average Bonchev–Trinajstić information content (AvgIpc) is 2.68. The van der Waals surface area contributed by atoms with Crippen LogP contribution in [0.5, 0.6) is 0 Å². The van der Waals surface area contributed by atoms with Crippen molar-refractivity contribution in [2.24, 2.45) is 0 Å². The first-order valence-corrected chi connectivity index (χ1v) is 9.28. The SMILES string of the molecule is COC(=O)c1ccccc1[S+]1c2ccccc2N(C)c2ccccc21. The summed E-state index contributed by atoms with van der Waals surface area (Å²) in [6.45, 7) is 0. The van der Waals surface area contributed by atoms with Crippen LogP contribution in [-0.4, -0.2) is 20.1 Å². The Morgan fingerprint density at radius 3 is 1.84 bits per heavy atom. The standard InChI is InChI=1S/C21H18NO2S/c1-22-16-10-4-7-13-19(16)25(20-14-8-5-11-17(20)22)18-12-6-3-9-15(18)21(23)24-2/h3-14H,1-2H3/q+1. The van der Waals surface area contributed by atoms with Crippen LogP contribution in [-0.2, 0) is 15.6 Å². The number of nitrogens with zero attached hydrogens (tertiary/aromatic N) is 1. The smallest absolute Gasteiger partial charge is 0.343 e. The maximum absolute atomic E-state index is 12.3. The number of anilines is 2. The maximum atomic E-state index is 12.3. The van der Waals surface area contributed by atoms with Gasteiger partial charge >= 0.3 is 5.97 Å². The van der Waals surface area contributed by atoms with Crippen molar-refractivity contribution in [2.45, 2.75) is 14.7 Å². The van der Waals surface area contributed by atoms with Crippen molar-refractivity contribution in [1.82, 2.24) is 0 Å². The fourth-order valence-electron chi connectivity index (χ4n) is 3.22. The highest BCUT2D eigenvalue weighted by Crippen LogP contribution is 2.47. The largest absolute Gasteiger partial charge is 0.465 e. The first-order chi connectivity index (χ1) is 12.2. The Kier molecular flexibility index (Phi) is 3.98. The van der Waals surface area contributed by atoms with Gasteiger partial charge in [-0.2, -0.15) is 0 Å². The molecule has 3 nitrogen and oxygen atoms in total. The van der Waals surface area contributed by atoms with Gasteiger partial charge in [-0.05, 0) is 36.4 Å². The molecule has 0 amide bonds. The molecule has 0 radical (unpaired) electrons.